The van der Waals surface area contributed by atoms with E-state index in [2.05, 4.69) is 0 Å². The van der Waals surface area contributed by atoms with Crippen molar-refractivity contribution < 1.29 is 34.9 Å². The van der Waals surface area contributed by atoms with Gasteiger partial charge in [-0.2, -0.15) is 21.9 Å². The molecule has 3 unspecified atom stereocenters. The van der Waals surface area contributed by atoms with Crippen LogP contribution in [0.4, 0.5) is 22.0 Å². The maximum absolute atomic E-state index is 14.1. The van der Waals surface area contributed by atoms with Gasteiger partial charge in [0.15, 0.2) is 0 Å². The summed E-state index contributed by atoms with van der Waals surface area (Å²) in [5, 5.41) is -9.81. The molecule has 2 fully saturated rings. The Balaban J connectivity index is 2.28. The van der Waals surface area contributed by atoms with Crippen LogP contribution in [0.2, 0.25) is 0 Å². The van der Waals surface area contributed by atoms with Crippen molar-refractivity contribution >= 4 is 22.1 Å². The smallest absolute Gasteiger partial charge is 0.327 e. The molecule has 0 bridgehead atoms. The standard InChI is InChI=1S/C13H20F5NO3S2/c1-11(14,23-20)12(15,16)13(17,18)24(21,22)19-7-6-9-4-2-3-5-10(9)8-19/h9-10,20H,2-8H2,1H3. The summed E-state index contributed by atoms with van der Waals surface area (Å²) in [5.74, 6) is -5.53. The summed E-state index contributed by atoms with van der Waals surface area (Å²) in [6, 6.07) is 0. The minimum Gasteiger partial charge on any atom is -0.327 e. The molecule has 1 heterocycles. The van der Waals surface area contributed by atoms with E-state index in [4.69, 9.17) is 4.55 Å². The third-order valence-corrected chi connectivity index (χ3v) is 7.53. The Kier molecular flexibility index (Phi) is 5.51. The lowest BCUT2D eigenvalue weighted by Gasteiger charge is -2.42. The molecule has 0 aromatic rings. The van der Waals surface area contributed by atoms with E-state index >= 15 is 0 Å². The van der Waals surface area contributed by atoms with Crippen LogP contribution in [0.15, 0.2) is 0 Å². The summed E-state index contributed by atoms with van der Waals surface area (Å²) in [7, 11) is -5.78. The lowest BCUT2D eigenvalue weighted by molar-refractivity contribution is -0.203. The third kappa shape index (κ3) is 3.05. The third-order valence-electron chi connectivity index (χ3n) is 5.02. The fourth-order valence-corrected chi connectivity index (χ4v) is 5.31. The highest BCUT2D eigenvalue weighted by atomic mass is 32.2. The van der Waals surface area contributed by atoms with E-state index in [-0.39, 0.29) is 31.8 Å². The molecule has 1 aliphatic carbocycles. The first-order chi connectivity index (χ1) is 10.9. The second-order valence-corrected chi connectivity index (χ2v) is 9.48. The molecule has 0 spiro atoms. The van der Waals surface area contributed by atoms with Gasteiger partial charge in [-0.1, -0.05) is 19.3 Å². The molecule has 0 radical (unpaired) electrons. The van der Waals surface area contributed by atoms with Gasteiger partial charge in [0.25, 0.3) is 10.0 Å². The van der Waals surface area contributed by atoms with Crippen molar-refractivity contribution in [1.82, 2.24) is 4.31 Å². The Morgan fingerprint density at radius 1 is 1.04 bits per heavy atom. The maximum Gasteiger partial charge on any atom is 0.425 e. The SMILES string of the molecule is CC(F)(SO)C(F)(F)C(F)(F)S(=O)(=O)N1CCC2CCCCC2C1. The van der Waals surface area contributed by atoms with Gasteiger partial charge >= 0.3 is 11.2 Å². The van der Waals surface area contributed by atoms with E-state index in [1.807, 2.05) is 0 Å². The lowest BCUT2D eigenvalue weighted by Crippen LogP contribution is -2.61. The van der Waals surface area contributed by atoms with E-state index in [1.165, 1.54) is 0 Å². The van der Waals surface area contributed by atoms with Crippen LogP contribution in [0.3, 0.4) is 0 Å². The van der Waals surface area contributed by atoms with Gasteiger partial charge < -0.3 is 4.55 Å². The second-order valence-electron chi connectivity index (χ2n) is 6.56. The van der Waals surface area contributed by atoms with Crippen LogP contribution in [0.1, 0.15) is 39.0 Å². The molecule has 0 aromatic heterocycles. The number of alkyl halides is 5. The van der Waals surface area contributed by atoms with E-state index in [9.17, 15) is 30.4 Å². The van der Waals surface area contributed by atoms with Crippen LogP contribution in [0.25, 0.3) is 0 Å². The average Bonchev–Trinajstić information content (AvgIpc) is 2.53. The Hall–Kier alpha value is -0.130. The van der Waals surface area contributed by atoms with Crippen LogP contribution in [-0.4, -0.2) is 46.5 Å². The molecular formula is C13H20F5NO3S2. The van der Waals surface area contributed by atoms with Crippen LogP contribution in [0, 0.1) is 11.8 Å². The van der Waals surface area contributed by atoms with Crippen LogP contribution >= 0.6 is 12.0 Å². The lowest BCUT2D eigenvalue weighted by atomic mass is 9.76. The highest BCUT2D eigenvalue weighted by molar-refractivity contribution is 7.95. The first kappa shape index (κ1) is 20.2. The van der Waals surface area contributed by atoms with Gasteiger partial charge in [0.05, 0.1) is 0 Å². The van der Waals surface area contributed by atoms with Gasteiger partial charge in [0.1, 0.15) is 0 Å². The largest absolute Gasteiger partial charge is 0.425 e. The Labute approximate surface area is 142 Å². The Bertz CT molecular complexity index is 570. The number of nitrogens with zero attached hydrogens (tertiary/aromatic N) is 1. The zero-order valence-corrected chi connectivity index (χ0v) is 14.7. The first-order valence-electron chi connectivity index (χ1n) is 7.65. The van der Waals surface area contributed by atoms with Crippen LogP contribution in [-0.2, 0) is 10.0 Å². The zero-order chi connectivity index (χ0) is 18.4. The summed E-state index contributed by atoms with van der Waals surface area (Å²) in [5.41, 5.74) is 0. The van der Waals surface area contributed by atoms with Crippen molar-refractivity contribution in [2.24, 2.45) is 11.8 Å². The number of sulfonamides is 1. The normalized spacial score (nSPS) is 29.8. The van der Waals surface area contributed by atoms with Gasteiger partial charge in [0.2, 0.25) is 5.00 Å². The Morgan fingerprint density at radius 2 is 1.58 bits per heavy atom. The molecule has 1 saturated carbocycles. The molecule has 1 saturated heterocycles. The summed E-state index contributed by atoms with van der Waals surface area (Å²) in [6.45, 7) is -0.521. The predicted octanol–water partition coefficient (Wildman–Crippen LogP) is 3.95. The minimum atomic E-state index is -5.78. The number of rotatable bonds is 5. The van der Waals surface area contributed by atoms with Gasteiger partial charge in [-0.15, -0.1) is 0 Å². The van der Waals surface area contributed by atoms with E-state index < -0.39 is 38.2 Å². The summed E-state index contributed by atoms with van der Waals surface area (Å²) in [4.78, 5) is 0. The molecular weight excluding hydrogens is 377 g/mol. The minimum absolute atomic E-state index is 0.0223. The second kappa shape index (κ2) is 6.55. The fourth-order valence-electron chi connectivity index (χ4n) is 3.43. The van der Waals surface area contributed by atoms with E-state index in [0.717, 1.165) is 19.3 Å². The van der Waals surface area contributed by atoms with Gasteiger partial charge in [-0.3, -0.25) is 0 Å². The number of hydrogen-bond donors (Lipinski definition) is 1. The highest BCUT2D eigenvalue weighted by Crippen LogP contribution is 2.52. The molecule has 2 aliphatic rings. The molecule has 24 heavy (non-hydrogen) atoms. The highest BCUT2D eigenvalue weighted by Gasteiger charge is 2.76. The summed E-state index contributed by atoms with van der Waals surface area (Å²) >= 11 is -1.14. The molecule has 1 N–H and O–H groups in total. The van der Waals surface area contributed by atoms with Crippen molar-refractivity contribution in [3.8, 4) is 0 Å². The van der Waals surface area contributed by atoms with Crippen molar-refractivity contribution in [3.63, 3.8) is 0 Å². The van der Waals surface area contributed by atoms with Crippen molar-refractivity contribution in [2.75, 3.05) is 13.1 Å². The van der Waals surface area contributed by atoms with E-state index in [0.29, 0.717) is 17.1 Å². The number of hydrogen-bond acceptors (Lipinski definition) is 4. The number of fused-ring (bicyclic) bond motifs is 1. The van der Waals surface area contributed by atoms with Gasteiger partial charge in [-0.25, -0.2) is 12.8 Å². The molecule has 0 aromatic carbocycles. The summed E-state index contributed by atoms with van der Waals surface area (Å²) in [6.07, 6.45) is 3.68. The predicted molar refractivity (Wildman–Crippen MR) is 80.2 cm³/mol. The number of piperidine rings is 1. The van der Waals surface area contributed by atoms with Crippen molar-refractivity contribution in [3.05, 3.63) is 0 Å². The molecule has 3 atom stereocenters. The number of halogens is 5. The first-order valence-corrected chi connectivity index (χ1v) is 9.86. The van der Waals surface area contributed by atoms with E-state index in [1.54, 1.807) is 0 Å². The quantitative estimate of drug-likeness (QED) is 0.564. The van der Waals surface area contributed by atoms with Gasteiger partial charge in [0, 0.05) is 25.1 Å². The van der Waals surface area contributed by atoms with Gasteiger partial charge in [-0.05, 0) is 31.6 Å². The molecule has 2 rings (SSSR count). The maximum atomic E-state index is 14.1. The summed E-state index contributed by atoms with van der Waals surface area (Å²) < 4.78 is 103. The fraction of sp³-hybridized carbons (Fsp3) is 1.00. The van der Waals surface area contributed by atoms with Crippen molar-refractivity contribution in [2.45, 2.75) is 55.2 Å². The average molecular weight is 397 g/mol. The zero-order valence-electron chi connectivity index (χ0n) is 13.0. The Morgan fingerprint density at radius 3 is 2.12 bits per heavy atom. The molecule has 1 aliphatic heterocycles. The van der Waals surface area contributed by atoms with Crippen molar-refractivity contribution in [1.29, 1.82) is 0 Å². The molecule has 0 amide bonds. The molecule has 11 heteroatoms. The molecule has 4 nitrogen and oxygen atoms in total. The van der Waals surface area contributed by atoms with Crippen LogP contribution < -0.4 is 0 Å². The topological polar surface area (TPSA) is 57.6 Å². The molecule has 142 valence electrons. The van der Waals surface area contributed by atoms with Crippen LogP contribution in [0.5, 0.6) is 0 Å². The monoisotopic (exact) mass is 397 g/mol.